The number of ether oxygens (including phenoxy) is 2. The quantitative estimate of drug-likeness (QED) is 0.370. The van der Waals surface area contributed by atoms with Crippen molar-refractivity contribution in [3.8, 4) is 5.75 Å². The average molecular weight is 553 g/mol. The van der Waals surface area contributed by atoms with E-state index >= 15 is 0 Å². The number of halogens is 5. The fourth-order valence-electron chi connectivity index (χ4n) is 3.19. The molecule has 3 amide bonds. The second kappa shape index (κ2) is 12.9. The van der Waals surface area contributed by atoms with Gasteiger partial charge in [-0.1, -0.05) is 11.6 Å². The highest BCUT2D eigenvalue weighted by atomic mass is 35.5. The normalized spacial score (nSPS) is 14.8. The minimum Gasteiger partial charge on any atom is -0.433 e. The van der Waals surface area contributed by atoms with E-state index in [9.17, 15) is 31.9 Å². The van der Waals surface area contributed by atoms with Crippen LogP contribution in [-0.2, 0) is 14.3 Å². The van der Waals surface area contributed by atoms with E-state index in [2.05, 4.69) is 20.7 Å². The van der Waals surface area contributed by atoms with Crippen molar-refractivity contribution < 1.29 is 41.4 Å². The Labute approximate surface area is 211 Å². The average Bonchev–Trinajstić information content (AvgIpc) is 3.26. The van der Waals surface area contributed by atoms with E-state index < -0.39 is 49.7 Å². The fraction of sp³-hybridized carbons (Fsp3) is 0.381. The van der Waals surface area contributed by atoms with Crippen LogP contribution in [0.15, 0.2) is 30.3 Å². The molecule has 1 saturated heterocycles. The molecule has 1 aromatic carbocycles. The van der Waals surface area contributed by atoms with Gasteiger partial charge in [0.1, 0.15) is 12.6 Å². The largest absolute Gasteiger partial charge is 0.433 e. The van der Waals surface area contributed by atoms with Crippen LogP contribution in [0, 0.1) is 0 Å². The maximum atomic E-state index is 13.0. The highest BCUT2D eigenvalue weighted by molar-refractivity contribution is 7.18. The molecule has 1 atom stereocenters. The molecule has 0 spiro atoms. The van der Waals surface area contributed by atoms with Crippen molar-refractivity contribution in [2.45, 2.75) is 19.1 Å². The lowest BCUT2D eigenvalue weighted by atomic mass is 10.2. The molecule has 0 unspecified atom stereocenters. The number of hydrogen-bond acceptors (Lipinski definition) is 7. The number of amides is 3. The van der Waals surface area contributed by atoms with Crippen LogP contribution in [0.5, 0.6) is 5.75 Å². The number of alkyl halides is 4. The van der Waals surface area contributed by atoms with Crippen LogP contribution >= 0.6 is 22.9 Å². The predicted molar refractivity (Wildman–Crippen MR) is 124 cm³/mol. The van der Waals surface area contributed by atoms with Crippen LogP contribution in [0.3, 0.4) is 0 Å². The van der Waals surface area contributed by atoms with Gasteiger partial charge < -0.3 is 25.0 Å². The Balaban J connectivity index is 1.75. The molecule has 1 aromatic heterocycles. The number of rotatable bonds is 11. The number of nitrogens with zero attached hydrogens (tertiary/aromatic N) is 1. The van der Waals surface area contributed by atoms with Crippen LogP contribution in [0.25, 0.3) is 0 Å². The molecular formula is C21H21ClF4N4O5S. The van der Waals surface area contributed by atoms with Gasteiger partial charge in [-0.15, -0.1) is 11.3 Å². The zero-order valence-electron chi connectivity index (χ0n) is 18.4. The maximum absolute atomic E-state index is 13.0. The maximum Gasteiger partial charge on any atom is 0.387 e. The molecule has 3 N–H and O–H groups in total. The Hall–Kier alpha value is -2.94. The SMILES string of the molecule is O=C(NC[C@@H](NCC(F)F)C(=O)Nc1ccc(N2CCOCC2=O)cc1OC(F)F)c1ccc(Cl)s1. The van der Waals surface area contributed by atoms with Crippen molar-refractivity contribution in [2.24, 2.45) is 0 Å². The van der Waals surface area contributed by atoms with Gasteiger partial charge in [0, 0.05) is 24.8 Å². The van der Waals surface area contributed by atoms with E-state index in [4.69, 9.17) is 16.3 Å². The second-order valence-electron chi connectivity index (χ2n) is 7.31. The summed E-state index contributed by atoms with van der Waals surface area (Å²) in [5, 5.41) is 7.12. The molecule has 0 bridgehead atoms. The molecule has 1 fully saturated rings. The Kier molecular flexibility index (Phi) is 9.87. The number of carbonyl (C=O) groups is 3. The van der Waals surface area contributed by atoms with Crippen molar-refractivity contribution in [2.75, 3.05) is 43.1 Å². The first-order chi connectivity index (χ1) is 17.1. The summed E-state index contributed by atoms with van der Waals surface area (Å²) in [5.41, 5.74) is 0.0520. The van der Waals surface area contributed by atoms with Gasteiger partial charge >= 0.3 is 6.61 Å². The molecular weight excluding hydrogens is 532 g/mol. The zero-order valence-corrected chi connectivity index (χ0v) is 20.0. The minimum atomic E-state index is -3.25. The number of anilines is 2. The third-order valence-corrected chi connectivity index (χ3v) is 6.07. The van der Waals surface area contributed by atoms with Gasteiger partial charge in [0.25, 0.3) is 18.2 Å². The number of benzene rings is 1. The molecule has 36 heavy (non-hydrogen) atoms. The van der Waals surface area contributed by atoms with E-state index in [1.165, 1.54) is 29.2 Å². The summed E-state index contributed by atoms with van der Waals surface area (Å²) in [7, 11) is 0. The lowest BCUT2D eigenvalue weighted by molar-refractivity contribution is -0.125. The molecule has 3 rings (SSSR count). The molecule has 1 aliphatic rings. The molecule has 15 heteroatoms. The van der Waals surface area contributed by atoms with Crippen LogP contribution in [0.4, 0.5) is 28.9 Å². The monoisotopic (exact) mass is 552 g/mol. The number of nitrogens with one attached hydrogen (secondary N) is 3. The molecule has 1 aliphatic heterocycles. The second-order valence-corrected chi connectivity index (χ2v) is 9.03. The van der Waals surface area contributed by atoms with Gasteiger partial charge in [0.05, 0.1) is 28.1 Å². The number of thiophene rings is 1. The Morgan fingerprint density at radius 2 is 1.94 bits per heavy atom. The number of morpholine rings is 1. The van der Waals surface area contributed by atoms with E-state index in [0.29, 0.717) is 4.34 Å². The molecule has 9 nitrogen and oxygen atoms in total. The van der Waals surface area contributed by atoms with Crippen LogP contribution in [-0.4, -0.2) is 69.6 Å². The number of hydrogen-bond donors (Lipinski definition) is 3. The first kappa shape index (κ1) is 27.6. The Morgan fingerprint density at radius 1 is 1.17 bits per heavy atom. The summed E-state index contributed by atoms with van der Waals surface area (Å²) in [6.07, 6.45) is -2.80. The van der Waals surface area contributed by atoms with Crippen molar-refractivity contribution in [1.29, 1.82) is 0 Å². The van der Waals surface area contributed by atoms with Gasteiger partial charge in [-0.25, -0.2) is 8.78 Å². The van der Waals surface area contributed by atoms with Crippen molar-refractivity contribution in [3.63, 3.8) is 0 Å². The van der Waals surface area contributed by atoms with Crippen molar-refractivity contribution in [1.82, 2.24) is 10.6 Å². The lowest BCUT2D eigenvalue weighted by Crippen LogP contribution is -2.49. The zero-order chi connectivity index (χ0) is 26.2. The highest BCUT2D eigenvalue weighted by Gasteiger charge is 2.25. The summed E-state index contributed by atoms with van der Waals surface area (Å²) in [6, 6.07) is 5.40. The van der Waals surface area contributed by atoms with Gasteiger partial charge in [0.2, 0.25) is 5.91 Å². The first-order valence-electron chi connectivity index (χ1n) is 10.5. The summed E-state index contributed by atoms with van der Waals surface area (Å²) in [5.74, 6) is -2.31. The topological polar surface area (TPSA) is 109 Å². The molecule has 0 saturated carbocycles. The van der Waals surface area contributed by atoms with E-state index in [1.54, 1.807) is 0 Å². The molecule has 2 aromatic rings. The Morgan fingerprint density at radius 3 is 2.58 bits per heavy atom. The van der Waals surface area contributed by atoms with Crippen LogP contribution < -0.4 is 25.6 Å². The van der Waals surface area contributed by atoms with Gasteiger partial charge in [0.15, 0.2) is 5.75 Å². The first-order valence-corrected chi connectivity index (χ1v) is 11.7. The van der Waals surface area contributed by atoms with E-state index in [1.807, 2.05) is 0 Å². The summed E-state index contributed by atoms with van der Waals surface area (Å²) in [4.78, 5) is 38.7. The third kappa shape index (κ3) is 7.78. The number of carbonyl (C=O) groups excluding carboxylic acids is 3. The van der Waals surface area contributed by atoms with Gasteiger partial charge in [-0.3, -0.25) is 19.7 Å². The summed E-state index contributed by atoms with van der Waals surface area (Å²) < 4.78 is 61.5. The van der Waals surface area contributed by atoms with E-state index in [0.717, 1.165) is 17.4 Å². The standard InChI is InChI=1S/C21H21ClF4N4O5S/c22-16-4-3-15(36-16)20(33)28-8-13(27-9-17(23)24)19(32)29-12-2-1-11(7-14(12)35-21(25)26)30-5-6-34-10-18(30)31/h1-4,7,13,17,21,27H,5-6,8-10H2,(H,28,33)(H,29,32)/t13-/m1/s1. The van der Waals surface area contributed by atoms with Gasteiger partial charge in [-0.05, 0) is 24.3 Å². The fourth-order valence-corrected chi connectivity index (χ4v) is 4.15. The molecule has 2 heterocycles. The molecule has 0 aliphatic carbocycles. The molecule has 0 radical (unpaired) electrons. The van der Waals surface area contributed by atoms with Crippen LogP contribution in [0.1, 0.15) is 9.67 Å². The van der Waals surface area contributed by atoms with Crippen LogP contribution in [0.2, 0.25) is 4.34 Å². The van der Waals surface area contributed by atoms with Crippen molar-refractivity contribution in [3.05, 3.63) is 39.5 Å². The van der Waals surface area contributed by atoms with E-state index in [-0.39, 0.29) is 41.9 Å². The van der Waals surface area contributed by atoms with Crippen molar-refractivity contribution >= 4 is 52.0 Å². The predicted octanol–water partition coefficient (Wildman–Crippen LogP) is 2.96. The highest BCUT2D eigenvalue weighted by Crippen LogP contribution is 2.32. The summed E-state index contributed by atoms with van der Waals surface area (Å²) in [6.45, 7) is -4.25. The summed E-state index contributed by atoms with van der Waals surface area (Å²) >= 11 is 6.78. The lowest BCUT2D eigenvalue weighted by Gasteiger charge is -2.27. The minimum absolute atomic E-state index is 0.176. The van der Waals surface area contributed by atoms with Gasteiger partial charge in [-0.2, -0.15) is 8.78 Å². The Bertz CT molecular complexity index is 1090. The smallest absolute Gasteiger partial charge is 0.387 e. The molecule has 196 valence electrons. The third-order valence-electron chi connectivity index (χ3n) is 4.84.